The standard InChI is InChI=1S/C24H20ClNO4S2/c1-2-28-21-12-17(7-10-20(21)30-15-16-5-8-18(25)9-6-16)13-22-23(27)26(24(31)32-22)14-19-4-3-11-29-19/h3-13H,2,14-15H2,1H3. The van der Waals surface area contributed by atoms with Crippen molar-refractivity contribution in [2.45, 2.75) is 20.1 Å². The maximum absolute atomic E-state index is 12.8. The Bertz CT molecular complexity index is 1140. The van der Waals surface area contributed by atoms with Crippen molar-refractivity contribution < 1.29 is 18.7 Å². The summed E-state index contributed by atoms with van der Waals surface area (Å²) in [4.78, 5) is 14.9. The van der Waals surface area contributed by atoms with E-state index < -0.39 is 0 Å². The van der Waals surface area contributed by atoms with Crippen LogP contribution in [0.4, 0.5) is 0 Å². The number of halogens is 1. The Morgan fingerprint density at radius 2 is 1.94 bits per heavy atom. The molecule has 2 aromatic carbocycles. The van der Waals surface area contributed by atoms with E-state index in [0.29, 0.717) is 51.3 Å². The van der Waals surface area contributed by atoms with E-state index in [4.69, 9.17) is 37.7 Å². The first-order valence-electron chi connectivity index (χ1n) is 9.95. The molecule has 5 nitrogen and oxygen atoms in total. The molecule has 1 aliphatic heterocycles. The van der Waals surface area contributed by atoms with E-state index in [1.54, 1.807) is 12.3 Å². The second-order valence-corrected chi connectivity index (χ2v) is 9.01. The van der Waals surface area contributed by atoms with Crippen LogP contribution in [0.15, 0.2) is 70.2 Å². The molecule has 0 saturated carbocycles. The first-order chi connectivity index (χ1) is 15.5. The number of benzene rings is 2. The number of nitrogens with zero attached hydrogens (tertiary/aromatic N) is 1. The minimum atomic E-state index is -0.141. The summed E-state index contributed by atoms with van der Waals surface area (Å²) in [5.74, 6) is 1.78. The molecular formula is C24H20ClNO4S2. The van der Waals surface area contributed by atoms with Crippen LogP contribution in [0, 0.1) is 0 Å². The number of hydrogen-bond donors (Lipinski definition) is 0. The van der Waals surface area contributed by atoms with E-state index in [9.17, 15) is 4.79 Å². The normalized spacial score (nSPS) is 14.9. The number of rotatable bonds is 8. The van der Waals surface area contributed by atoms with Gasteiger partial charge in [-0.1, -0.05) is 53.8 Å². The third-order valence-electron chi connectivity index (χ3n) is 4.64. The van der Waals surface area contributed by atoms with Crippen molar-refractivity contribution in [1.29, 1.82) is 0 Å². The van der Waals surface area contributed by atoms with Crippen LogP contribution < -0.4 is 9.47 Å². The van der Waals surface area contributed by atoms with Gasteiger partial charge in [-0.15, -0.1) is 0 Å². The number of furan rings is 1. The Balaban J connectivity index is 1.50. The van der Waals surface area contributed by atoms with Crippen molar-refractivity contribution >= 4 is 51.9 Å². The predicted octanol–water partition coefficient (Wildman–Crippen LogP) is 6.31. The largest absolute Gasteiger partial charge is 0.490 e. The fraction of sp³-hybridized carbons (Fsp3) is 0.167. The van der Waals surface area contributed by atoms with Gasteiger partial charge in [0, 0.05) is 5.02 Å². The van der Waals surface area contributed by atoms with Gasteiger partial charge >= 0.3 is 0 Å². The molecule has 3 aromatic rings. The highest BCUT2D eigenvalue weighted by Crippen LogP contribution is 2.36. The number of thioether (sulfide) groups is 1. The van der Waals surface area contributed by atoms with Gasteiger partial charge in [0.15, 0.2) is 11.5 Å². The molecule has 0 atom stereocenters. The van der Waals surface area contributed by atoms with E-state index in [2.05, 4.69) is 0 Å². The minimum absolute atomic E-state index is 0.141. The van der Waals surface area contributed by atoms with E-state index in [-0.39, 0.29) is 5.91 Å². The van der Waals surface area contributed by atoms with Crippen molar-refractivity contribution in [2.75, 3.05) is 6.61 Å². The lowest BCUT2D eigenvalue weighted by atomic mass is 10.1. The van der Waals surface area contributed by atoms with Crippen LogP contribution in [0.5, 0.6) is 11.5 Å². The summed E-state index contributed by atoms with van der Waals surface area (Å²) in [5.41, 5.74) is 1.83. The molecular weight excluding hydrogens is 466 g/mol. The van der Waals surface area contributed by atoms with Crippen LogP contribution in [0.3, 0.4) is 0 Å². The second kappa shape index (κ2) is 10.3. The topological polar surface area (TPSA) is 51.9 Å². The van der Waals surface area contributed by atoms with Crippen LogP contribution in [-0.4, -0.2) is 21.7 Å². The zero-order chi connectivity index (χ0) is 22.5. The molecule has 8 heteroatoms. The number of hydrogen-bond acceptors (Lipinski definition) is 6. The van der Waals surface area contributed by atoms with E-state index in [1.807, 2.05) is 61.5 Å². The van der Waals surface area contributed by atoms with Crippen LogP contribution in [-0.2, 0) is 17.9 Å². The molecule has 0 aliphatic carbocycles. The molecule has 1 amide bonds. The molecule has 1 aliphatic rings. The van der Waals surface area contributed by atoms with Gasteiger partial charge in [0.1, 0.15) is 16.7 Å². The monoisotopic (exact) mass is 485 g/mol. The molecule has 32 heavy (non-hydrogen) atoms. The summed E-state index contributed by atoms with van der Waals surface area (Å²) in [7, 11) is 0. The third kappa shape index (κ3) is 5.35. The van der Waals surface area contributed by atoms with Crippen LogP contribution in [0.25, 0.3) is 6.08 Å². The van der Waals surface area contributed by atoms with Gasteiger partial charge in [0.25, 0.3) is 5.91 Å². The van der Waals surface area contributed by atoms with Gasteiger partial charge in [-0.2, -0.15) is 0 Å². The zero-order valence-electron chi connectivity index (χ0n) is 17.2. The van der Waals surface area contributed by atoms with Gasteiger partial charge < -0.3 is 13.9 Å². The maximum Gasteiger partial charge on any atom is 0.266 e. The second-order valence-electron chi connectivity index (χ2n) is 6.90. The summed E-state index contributed by atoms with van der Waals surface area (Å²) in [5, 5.41) is 0.683. The summed E-state index contributed by atoms with van der Waals surface area (Å²) in [6, 6.07) is 16.7. The van der Waals surface area contributed by atoms with Gasteiger partial charge in [-0.05, 0) is 60.5 Å². The number of carbonyl (C=O) groups is 1. The van der Waals surface area contributed by atoms with Gasteiger partial charge in [-0.3, -0.25) is 9.69 Å². The molecule has 4 rings (SSSR count). The maximum atomic E-state index is 12.8. The Kier molecular flexibility index (Phi) is 7.19. The summed E-state index contributed by atoms with van der Waals surface area (Å²) >= 11 is 12.6. The number of carbonyl (C=O) groups excluding carboxylic acids is 1. The van der Waals surface area contributed by atoms with Gasteiger partial charge in [0.05, 0.1) is 24.3 Å². The Labute approximate surface area is 200 Å². The van der Waals surface area contributed by atoms with Crippen LogP contribution >= 0.6 is 35.6 Å². The lowest BCUT2D eigenvalue weighted by Crippen LogP contribution is -2.27. The Morgan fingerprint density at radius 1 is 1.12 bits per heavy atom. The molecule has 1 saturated heterocycles. The van der Waals surface area contributed by atoms with Crippen molar-refractivity contribution in [1.82, 2.24) is 4.90 Å². The first-order valence-corrected chi connectivity index (χ1v) is 11.6. The molecule has 164 valence electrons. The molecule has 0 spiro atoms. The first kappa shape index (κ1) is 22.5. The number of thiocarbonyl (C=S) groups is 1. The molecule has 1 aromatic heterocycles. The molecule has 2 heterocycles. The quantitative estimate of drug-likeness (QED) is 0.275. The molecule has 0 bridgehead atoms. The summed E-state index contributed by atoms with van der Waals surface area (Å²) < 4.78 is 17.6. The Morgan fingerprint density at radius 3 is 2.66 bits per heavy atom. The third-order valence-corrected chi connectivity index (χ3v) is 6.27. The summed E-state index contributed by atoms with van der Waals surface area (Å²) in [6.45, 7) is 3.11. The fourth-order valence-electron chi connectivity index (χ4n) is 3.09. The lowest BCUT2D eigenvalue weighted by molar-refractivity contribution is -0.122. The fourth-order valence-corrected chi connectivity index (χ4v) is 4.47. The highest BCUT2D eigenvalue weighted by atomic mass is 35.5. The molecule has 1 fully saturated rings. The van der Waals surface area contributed by atoms with E-state index >= 15 is 0 Å². The smallest absolute Gasteiger partial charge is 0.266 e. The predicted molar refractivity (Wildman–Crippen MR) is 131 cm³/mol. The lowest BCUT2D eigenvalue weighted by Gasteiger charge is -2.13. The highest BCUT2D eigenvalue weighted by Gasteiger charge is 2.32. The highest BCUT2D eigenvalue weighted by molar-refractivity contribution is 8.26. The SMILES string of the molecule is CCOc1cc(C=C2SC(=S)N(Cc3ccco3)C2=O)ccc1OCc1ccc(Cl)cc1. The zero-order valence-corrected chi connectivity index (χ0v) is 19.6. The van der Waals surface area contributed by atoms with Crippen LogP contribution in [0.2, 0.25) is 5.02 Å². The van der Waals surface area contributed by atoms with Gasteiger partial charge in [0.2, 0.25) is 0 Å². The Hall–Kier alpha value is -2.74. The van der Waals surface area contributed by atoms with E-state index in [0.717, 1.165) is 11.1 Å². The van der Waals surface area contributed by atoms with E-state index in [1.165, 1.54) is 16.7 Å². The van der Waals surface area contributed by atoms with Gasteiger partial charge in [-0.25, -0.2) is 0 Å². The van der Waals surface area contributed by atoms with Crippen molar-refractivity contribution in [3.8, 4) is 11.5 Å². The molecule has 0 N–H and O–H groups in total. The minimum Gasteiger partial charge on any atom is -0.490 e. The number of amides is 1. The van der Waals surface area contributed by atoms with Crippen molar-refractivity contribution in [3.05, 3.63) is 87.7 Å². The average molecular weight is 486 g/mol. The average Bonchev–Trinajstić information content (AvgIpc) is 3.39. The summed E-state index contributed by atoms with van der Waals surface area (Å²) in [6.07, 6.45) is 3.39. The van der Waals surface area contributed by atoms with Crippen LogP contribution in [0.1, 0.15) is 23.8 Å². The number of ether oxygens (including phenoxy) is 2. The van der Waals surface area contributed by atoms with Crippen molar-refractivity contribution in [3.63, 3.8) is 0 Å². The van der Waals surface area contributed by atoms with Crippen molar-refractivity contribution in [2.24, 2.45) is 0 Å². The molecule has 0 radical (unpaired) electrons. The molecule has 0 unspecified atom stereocenters.